The Morgan fingerprint density at radius 1 is 1.19 bits per heavy atom. The van der Waals surface area contributed by atoms with Gasteiger partial charge >= 0.3 is 0 Å². The normalized spacial score (nSPS) is 10.6. The van der Waals surface area contributed by atoms with Crippen LogP contribution in [-0.2, 0) is 17.9 Å². The van der Waals surface area contributed by atoms with E-state index in [4.69, 9.17) is 0 Å². The standard InChI is InChI=1S/C17H23N3O/c1-3-9-18-11-15-8-10-20(12-15)13-17(21)19-16-6-4-14(2)5-7-16/h4-8,10,12,18H,3,9,11,13H2,1-2H3,(H,19,21). The van der Waals surface area contributed by atoms with Crippen LogP contribution < -0.4 is 10.6 Å². The van der Waals surface area contributed by atoms with Crippen LogP contribution in [0.2, 0.25) is 0 Å². The van der Waals surface area contributed by atoms with Gasteiger partial charge in [0.1, 0.15) is 6.54 Å². The molecule has 1 aromatic carbocycles. The highest BCUT2D eigenvalue weighted by Gasteiger charge is 2.04. The van der Waals surface area contributed by atoms with E-state index in [9.17, 15) is 4.79 Å². The molecule has 0 spiro atoms. The van der Waals surface area contributed by atoms with Crippen LogP contribution in [-0.4, -0.2) is 17.0 Å². The minimum absolute atomic E-state index is 0.0116. The van der Waals surface area contributed by atoms with Crippen molar-refractivity contribution in [3.05, 3.63) is 53.9 Å². The van der Waals surface area contributed by atoms with Gasteiger partial charge in [-0.1, -0.05) is 24.6 Å². The first-order chi connectivity index (χ1) is 10.2. The zero-order valence-electron chi connectivity index (χ0n) is 12.7. The molecule has 0 unspecified atom stereocenters. The zero-order chi connectivity index (χ0) is 15.1. The topological polar surface area (TPSA) is 46.1 Å². The second-order valence-corrected chi connectivity index (χ2v) is 5.28. The summed E-state index contributed by atoms with van der Waals surface area (Å²) in [4.78, 5) is 12.0. The summed E-state index contributed by atoms with van der Waals surface area (Å²) in [6, 6.07) is 9.86. The van der Waals surface area contributed by atoms with Gasteiger partial charge in [-0.15, -0.1) is 0 Å². The van der Waals surface area contributed by atoms with Crippen molar-refractivity contribution in [2.24, 2.45) is 0 Å². The number of aromatic nitrogens is 1. The number of nitrogens with one attached hydrogen (secondary N) is 2. The fraction of sp³-hybridized carbons (Fsp3) is 0.353. The quantitative estimate of drug-likeness (QED) is 0.768. The van der Waals surface area contributed by atoms with Crippen LogP contribution in [0.3, 0.4) is 0 Å². The van der Waals surface area contributed by atoms with Crippen LogP contribution in [0, 0.1) is 6.92 Å². The molecule has 0 aliphatic rings. The van der Waals surface area contributed by atoms with Crippen LogP contribution in [0.25, 0.3) is 0 Å². The lowest BCUT2D eigenvalue weighted by Crippen LogP contribution is -2.18. The monoisotopic (exact) mass is 285 g/mol. The Bertz CT molecular complexity index is 572. The second-order valence-electron chi connectivity index (χ2n) is 5.28. The SMILES string of the molecule is CCCNCc1ccn(CC(=O)Nc2ccc(C)cc2)c1. The number of hydrogen-bond donors (Lipinski definition) is 2. The summed E-state index contributed by atoms with van der Waals surface area (Å²) < 4.78 is 1.91. The fourth-order valence-corrected chi connectivity index (χ4v) is 2.11. The summed E-state index contributed by atoms with van der Waals surface area (Å²) in [6.07, 6.45) is 5.08. The maximum atomic E-state index is 12.0. The van der Waals surface area contributed by atoms with E-state index in [2.05, 4.69) is 17.6 Å². The first kappa shape index (κ1) is 15.3. The van der Waals surface area contributed by atoms with Gasteiger partial charge in [-0.25, -0.2) is 0 Å². The average Bonchev–Trinajstić information content (AvgIpc) is 2.89. The van der Waals surface area contributed by atoms with Crippen molar-refractivity contribution in [1.29, 1.82) is 0 Å². The predicted octanol–water partition coefficient (Wildman–Crippen LogP) is 2.93. The Hall–Kier alpha value is -2.07. The van der Waals surface area contributed by atoms with Gasteiger partial charge in [0, 0.05) is 24.6 Å². The largest absolute Gasteiger partial charge is 0.345 e. The summed E-state index contributed by atoms with van der Waals surface area (Å²) in [6.45, 7) is 6.37. The van der Waals surface area contributed by atoms with Gasteiger partial charge in [0.2, 0.25) is 5.91 Å². The van der Waals surface area contributed by atoms with Gasteiger partial charge in [0.15, 0.2) is 0 Å². The third kappa shape index (κ3) is 5.08. The average molecular weight is 285 g/mol. The highest BCUT2D eigenvalue weighted by molar-refractivity contribution is 5.90. The molecule has 112 valence electrons. The maximum Gasteiger partial charge on any atom is 0.244 e. The lowest BCUT2D eigenvalue weighted by molar-refractivity contribution is -0.116. The molecule has 1 heterocycles. The first-order valence-corrected chi connectivity index (χ1v) is 7.39. The number of rotatable bonds is 7. The predicted molar refractivity (Wildman–Crippen MR) is 86.2 cm³/mol. The summed E-state index contributed by atoms with van der Waals surface area (Å²) in [5.74, 6) is -0.0116. The molecule has 0 bridgehead atoms. The molecule has 0 fully saturated rings. The smallest absolute Gasteiger partial charge is 0.244 e. The summed E-state index contributed by atoms with van der Waals surface area (Å²) in [5.41, 5.74) is 3.22. The summed E-state index contributed by atoms with van der Waals surface area (Å²) in [7, 11) is 0. The minimum Gasteiger partial charge on any atom is -0.345 e. The van der Waals surface area contributed by atoms with Gasteiger partial charge in [0.05, 0.1) is 0 Å². The molecule has 2 rings (SSSR count). The molecule has 2 N–H and O–H groups in total. The van der Waals surface area contributed by atoms with E-state index in [0.29, 0.717) is 6.54 Å². The highest BCUT2D eigenvalue weighted by atomic mass is 16.1. The lowest BCUT2D eigenvalue weighted by atomic mass is 10.2. The Balaban J connectivity index is 1.83. The van der Waals surface area contributed by atoms with Crippen LogP contribution >= 0.6 is 0 Å². The zero-order valence-corrected chi connectivity index (χ0v) is 12.7. The molecular weight excluding hydrogens is 262 g/mol. The van der Waals surface area contributed by atoms with Crippen molar-refractivity contribution in [2.75, 3.05) is 11.9 Å². The van der Waals surface area contributed by atoms with E-state index in [1.807, 2.05) is 54.2 Å². The molecule has 21 heavy (non-hydrogen) atoms. The number of carbonyl (C=O) groups excluding carboxylic acids is 1. The van der Waals surface area contributed by atoms with E-state index < -0.39 is 0 Å². The molecule has 0 aliphatic carbocycles. The van der Waals surface area contributed by atoms with Crippen molar-refractivity contribution in [1.82, 2.24) is 9.88 Å². The van der Waals surface area contributed by atoms with Crippen LogP contribution in [0.4, 0.5) is 5.69 Å². The van der Waals surface area contributed by atoms with Crippen molar-refractivity contribution in [2.45, 2.75) is 33.4 Å². The van der Waals surface area contributed by atoms with Crippen LogP contribution in [0.15, 0.2) is 42.7 Å². The van der Waals surface area contributed by atoms with E-state index in [-0.39, 0.29) is 5.91 Å². The molecule has 1 aromatic heterocycles. The van der Waals surface area contributed by atoms with Gasteiger partial charge in [-0.3, -0.25) is 4.79 Å². The number of amides is 1. The molecular formula is C17H23N3O. The van der Waals surface area contributed by atoms with Gasteiger partial charge in [0.25, 0.3) is 0 Å². The van der Waals surface area contributed by atoms with E-state index in [1.165, 1.54) is 11.1 Å². The Morgan fingerprint density at radius 3 is 2.67 bits per heavy atom. The summed E-state index contributed by atoms with van der Waals surface area (Å²) >= 11 is 0. The Kier molecular flexibility index (Phi) is 5.58. The molecule has 0 saturated heterocycles. The molecule has 4 nitrogen and oxygen atoms in total. The number of aryl methyl sites for hydroxylation is 1. The van der Waals surface area contributed by atoms with E-state index in [0.717, 1.165) is 25.2 Å². The van der Waals surface area contributed by atoms with Crippen molar-refractivity contribution < 1.29 is 4.79 Å². The van der Waals surface area contributed by atoms with Gasteiger partial charge < -0.3 is 15.2 Å². The maximum absolute atomic E-state index is 12.0. The highest BCUT2D eigenvalue weighted by Crippen LogP contribution is 2.09. The first-order valence-electron chi connectivity index (χ1n) is 7.39. The molecule has 4 heteroatoms. The van der Waals surface area contributed by atoms with Crippen LogP contribution in [0.1, 0.15) is 24.5 Å². The van der Waals surface area contributed by atoms with Crippen molar-refractivity contribution in [3.63, 3.8) is 0 Å². The van der Waals surface area contributed by atoms with Crippen molar-refractivity contribution >= 4 is 11.6 Å². The van der Waals surface area contributed by atoms with Crippen molar-refractivity contribution in [3.8, 4) is 0 Å². The number of carbonyl (C=O) groups is 1. The lowest BCUT2D eigenvalue weighted by Gasteiger charge is -2.06. The third-order valence-corrected chi connectivity index (χ3v) is 3.23. The number of anilines is 1. The molecule has 0 saturated carbocycles. The molecule has 1 amide bonds. The van der Waals surface area contributed by atoms with E-state index in [1.54, 1.807) is 0 Å². The number of benzene rings is 1. The number of hydrogen-bond acceptors (Lipinski definition) is 2. The van der Waals surface area contributed by atoms with Gasteiger partial charge in [-0.2, -0.15) is 0 Å². The van der Waals surface area contributed by atoms with Crippen LogP contribution in [0.5, 0.6) is 0 Å². The van der Waals surface area contributed by atoms with E-state index >= 15 is 0 Å². The Morgan fingerprint density at radius 2 is 1.95 bits per heavy atom. The molecule has 0 aliphatic heterocycles. The Labute approximate surface area is 126 Å². The fourth-order valence-electron chi connectivity index (χ4n) is 2.11. The molecule has 2 aromatic rings. The third-order valence-electron chi connectivity index (χ3n) is 3.23. The molecule has 0 radical (unpaired) electrons. The van der Waals surface area contributed by atoms with Gasteiger partial charge in [-0.05, 0) is 43.7 Å². The molecule has 0 atom stereocenters. The summed E-state index contributed by atoms with van der Waals surface area (Å²) in [5, 5.41) is 6.25. The number of nitrogens with zero attached hydrogens (tertiary/aromatic N) is 1. The minimum atomic E-state index is -0.0116. The second kappa shape index (κ2) is 7.64.